The van der Waals surface area contributed by atoms with E-state index in [1.54, 1.807) is 51.4 Å². The van der Waals surface area contributed by atoms with Crippen molar-refractivity contribution in [3.8, 4) is 0 Å². The van der Waals surface area contributed by atoms with Gasteiger partial charge in [0.2, 0.25) is 0 Å². The molecule has 6 N–H and O–H groups in total. The Kier molecular flexibility index (Phi) is 6.36. The number of anilines is 2. The fourth-order valence-corrected chi connectivity index (χ4v) is 2.36. The molecule has 0 bridgehead atoms. The van der Waals surface area contributed by atoms with Gasteiger partial charge in [-0.15, -0.1) is 0 Å². The van der Waals surface area contributed by atoms with E-state index in [-0.39, 0.29) is 11.6 Å². The van der Waals surface area contributed by atoms with Crippen molar-refractivity contribution in [2.75, 3.05) is 24.6 Å². The summed E-state index contributed by atoms with van der Waals surface area (Å²) < 4.78 is 0. The Balaban J connectivity index is 2.33. The van der Waals surface area contributed by atoms with E-state index in [4.69, 9.17) is 16.6 Å². The van der Waals surface area contributed by atoms with Gasteiger partial charge in [-0.3, -0.25) is 15.4 Å². The van der Waals surface area contributed by atoms with E-state index >= 15 is 0 Å². The number of aliphatic imine (C=N–C) groups is 1. The number of pyridine rings is 2. The van der Waals surface area contributed by atoms with E-state index in [0.717, 1.165) is 0 Å². The van der Waals surface area contributed by atoms with Crippen molar-refractivity contribution in [3.05, 3.63) is 47.4 Å². The molecule has 142 valence electrons. The average molecular weight is 367 g/mol. The molecule has 8 nitrogen and oxygen atoms in total. The third-order valence-corrected chi connectivity index (χ3v) is 3.76. The average Bonchev–Trinajstić information content (AvgIpc) is 2.64. The van der Waals surface area contributed by atoms with E-state index in [9.17, 15) is 5.11 Å². The second-order valence-corrected chi connectivity index (χ2v) is 6.75. The summed E-state index contributed by atoms with van der Waals surface area (Å²) in [5, 5.41) is 28.9. The Morgan fingerprint density at radius 2 is 2.19 bits per heavy atom. The van der Waals surface area contributed by atoms with Gasteiger partial charge < -0.3 is 21.6 Å². The summed E-state index contributed by atoms with van der Waals surface area (Å²) in [4.78, 5) is 12.6. The molecule has 0 saturated heterocycles. The maximum Gasteiger partial charge on any atom is 0.126 e. The van der Waals surface area contributed by atoms with Crippen LogP contribution >= 0.6 is 0 Å². The second kappa shape index (κ2) is 8.50. The first kappa shape index (κ1) is 20.2. The molecule has 8 heteroatoms. The largest absolute Gasteiger partial charge is 0.397 e. The molecule has 0 aliphatic carbocycles. The molecular formula is C19H25N7O. The summed E-state index contributed by atoms with van der Waals surface area (Å²) in [5.41, 5.74) is 7.18. The van der Waals surface area contributed by atoms with E-state index in [1.807, 2.05) is 0 Å². The lowest BCUT2D eigenvalue weighted by atomic mass is 10.0. The molecule has 1 atom stereocenters. The maximum atomic E-state index is 9.84. The molecule has 0 fully saturated rings. The minimum absolute atomic E-state index is 0.153. The van der Waals surface area contributed by atoms with Crippen molar-refractivity contribution < 1.29 is 5.11 Å². The number of nitrogen functional groups attached to an aromatic ring is 1. The first-order valence-electron chi connectivity index (χ1n) is 8.46. The molecule has 0 radical (unpaired) electrons. The number of aliphatic hydroxyl groups is 1. The predicted molar refractivity (Wildman–Crippen MR) is 110 cm³/mol. The standard InChI is InChI=1S/C19H25N7O/c1-19(2,27)11-25-17-6-4-5-15(26-17)18(22)13-7-16(24-10-14(13)21)12(8-20)9-23-3/h4-10,12,20,22,27H,11,21H2,1-3H3,(H,25,26). The van der Waals surface area contributed by atoms with Gasteiger partial charge in [0, 0.05) is 31.6 Å². The highest BCUT2D eigenvalue weighted by molar-refractivity contribution is 6.13. The fourth-order valence-electron chi connectivity index (χ4n) is 2.36. The number of rotatable bonds is 8. The number of hydrogen-bond donors (Lipinski definition) is 5. The minimum atomic E-state index is -0.877. The highest BCUT2D eigenvalue weighted by Crippen LogP contribution is 2.20. The van der Waals surface area contributed by atoms with Crippen LogP contribution in [0.3, 0.4) is 0 Å². The molecule has 0 saturated carbocycles. The summed E-state index contributed by atoms with van der Waals surface area (Å²) in [6, 6.07) is 6.96. The van der Waals surface area contributed by atoms with Crippen molar-refractivity contribution >= 4 is 29.6 Å². The lowest BCUT2D eigenvalue weighted by Gasteiger charge is -2.18. The number of nitrogens with one attached hydrogen (secondary N) is 3. The van der Waals surface area contributed by atoms with Crippen molar-refractivity contribution in [3.63, 3.8) is 0 Å². The number of hydrogen-bond acceptors (Lipinski definition) is 8. The molecule has 1 unspecified atom stereocenters. The third kappa shape index (κ3) is 5.42. The van der Waals surface area contributed by atoms with Crippen LogP contribution in [0, 0.1) is 10.8 Å². The molecule has 0 aromatic carbocycles. The van der Waals surface area contributed by atoms with Gasteiger partial charge in [-0.2, -0.15) is 0 Å². The first-order chi connectivity index (χ1) is 12.7. The Bertz CT molecular complexity index is 855. The Morgan fingerprint density at radius 1 is 1.44 bits per heavy atom. The van der Waals surface area contributed by atoms with Crippen molar-refractivity contribution in [1.29, 1.82) is 10.8 Å². The van der Waals surface area contributed by atoms with Gasteiger partial charge in [0.25, 0.3) is 0 Å². The van der Waals surface area contributed by atoms with E-state index in [2.05, 4.69) is 20.3 Å². The normalized spacial score (nSPS) is 12.7. The first-order valence-corrected chi connectivity index (χ1v) is 8.46. The molecule has 0 aliphatic heterocycles. The van der Waals surface area contributed by atoms with Gasteiger partial charge in [0.15, 0.2) is 0 Å². The molecular weight excluding hydrogens is 342 g/mol. The molecule has 0 aliphatic rings. The molecule has 2 aromatic heterocycles. The third-order valence-electron chi connectivity index (χ3n) is 3.76. The minimum Gasteiger partial charge on any atom is -0.397 e. The van der Waals surface area contributed by atoms with Crippen LogP contribution < -0.4 is 11.1 Å². The van der Waals surface area contributed by atoms with Crippen LogP contribution in [0.2, 0.25) is 0 Å². The van der Waals surface area contributed by atoms with Crippen molar-refractivity contribution in [1.82, 2.24) is 9.97 Å². The lowest BCUT2D eigenvalue weighted by molar-refractivity contribution is 0.0944. The molecule has 2 heterocycles. The van der Waals surface area contributed by atoms with Crippen molar-refractivity contribution in [2.24, 2.45) is 4.99 Å². The summed E-state index contributed by atoms with van der Waals surface area (Å²) in [6.45, 7) is 3.73. The lowest BCUT2D eigenvalue weighted by Crippen LogP contribution is -2.29. The van der Waals surface area contributed by atoms with E-state index in [1.165, 1.54) is 12.4 Å². The molecule has 2 aromatic rings. The zero-order valence-electron chi connectivity index (χ0n) is 15.7. The van der Waals surface area contributed by atoms with Gasteiger partial charge in [-0.05, 0) is 32.0 Å². The van der Waals surface area contributed by atoms with Crippen LogP contribution in [0.25, 0.3) is 0 Å². The van der Waals surface area contributed by atoms with Crippen molar-refractivity contribution in [2.45, 2.75) is 25.4 Å². The van der Waals surface area contributed by atoms with Crippen LogP contribution in [0.1, 0.15) is 36.7 Å². The molecule has 0 amide bonds. The van der Waals surface area contributed by atoms with Gasteiger partial charge in [-0.25, -0.2) is 4.98 Å². The number of aromatic nitrogens is 2. The van der Waals surface area contributed by atoms with Crippen LogP contribution in [0.4, 0.5) is 11.5 Å². The fraction of sp³-hybridized carbons (Fsp3) is 0.316. The Labute approximate surface area is 158 Å². The van der Waals surface area contributed by atoms with Crippen LogP contribution in [0.5, 0.6) is 0 Å². The summed E-state index contributed by atoms with van der Waals surface area (Å²) in [7, 11) is 1.63. The van der Waals surface area contributed by atoms with Gasteiger partial charge >= 0.3 is 0 Å². The van der Waals surface area contributed by atoms with Crippen LogP contribution in [-0.4, -0.2) is 52.4 Å². The molecule has 27 heavy (non-hydrogen) atoms. The Hall–Kier alpha value is -3.13. The number of nitrogens with zero attached hydrogens (tertiary/aromatic N) is 3. The highest BCUT2D eigenvalue weighted by atomic mass is 16.3. The summed E-state index contributed by atoms with van der Waals surface area (Å²) in [5.74, 6) is 0.178. The van der Waals surface area contributed by atoms with Gasteiger partial charge in [0.1, 0.15) is 5.82 Å². The second-order valence-electron chi connectivity index (χ2n) is 6.75. The topological polar surface area (TPSA) is 144 Å². The highest BCUT2D eigenvalue weighted by Gasteiger charge is 2.16. The van der Waals surface area contributed by atoms with E-state index in [0.29, 0.717) is 35.0 Å². The SMILES string of the molecule is CN=CC(C=N)c1cc(C(=N)c2cccc(NCC(C)(C)O)n2)c(N)cn1. The maximum absolute atomic E-state index is 9.84. The summed E-state index contributed by atoms with van der Waals surface area (Å²) in [6.07, 6.45) is 4.33. The predicted octanol–water partition coefficient (Wildman–Crippen LogP) is 2.09. The monoisotopic (exact) mass is 367 g/mol. The zero-order chi connectivity index (χ0) is 20.0. The zero-order valence-corrected chi connectivity index (χ0v) is 15.7. The Morgan fingerprint density at radius 3 is 2.81 bits per heavy atom. The summed E-state index contributed by atoms with van der Waals surface area (Å²) >= 11 is 0. The van der Waals surface area contributed by atoms with Crippen LogP contribution in [-0.2, 0) is 0 Å². The van der Waals surface area contributed by atoms with E-state index < -0.39 is 5.60 Å². The molecule has 2 rings (SSSR count). The smallest absolute Gasteiger partial charge is 0.126 e. The van der Waals surface area contributed by atoms with Gasteiger partial charge in [0.05, 0.1) is 40.5 Å². The van der Waals surface area contributed by atoms with Crippen LogP contribution in [0.15, 0.2) is 35.5 Å². The molecule has 0 spiro atoms. The quantitative estimate of drug-likeness (QED) is 0.454. The van der Waals surface area contributed by atoms with Gasteiger partial charge in [-0.1, -0.05) is 6.07 Å². The number of nitrogens with two attached hydrogens (primary N) is 1.